The van der Waals surface area contributed by atoms with Crippen molar-refractivity contribution in [2.75, 3.05) is 33.3 Å². The maximum Gasteiger partial charge on any atom is 0.244 e. The van der Waals surface area contributed by atoms with Gasteiger partial charge in [-0.15, -0.1) is 11.8 Å². The van der Waals surface area contributed by atoms with Gasteiger partial charge in [0.2, 0.25) is 11.9 Å². The highest BCUT2D eigenvalue weighted by atomic mass is 32.2. The summed E-state index contributed by atoms with van der Waals surface area (Å²) in [7, 11) is -2.36. The number of thioether (sulfide) groups is 1. The van der Waals surface area contributed by atoms with Gasteiger partial charge in [0, 0.05) is 68.8 Å². The second-order valence-electron chi connectivity index (χ2n) is 14.6. The number of ether oxygens (including phenoxy) is 1. The van der Waals surface area contributed by atoms with Crippen LogP contribution in [-0.4, -0.2) is 132 Å². The van der Waals surface area contributed by atoms with Crippen molar-refractivity contribution < 1.29 is 31.7 Å². The molecule has 3 aliphatic heterocycles. The van der Waals surface area contributed by atoms with Crippen LogP contribution in [0.2, 0.25) is 0 Å². The highest BCUT2D eigenvalue weighted by Gasteiger charge is 2.55. The third kappa shape index (κ3) is 7.96. The van der Waals surface area contributed by atoms with Gasteiger partial charge in [-0.05, 0) is 59.3 Å². The lowest BCUT2D eigenvalue weighted by atomic mass is 9.77. The van der Waals surface area contributed by atoms with Crippen LogP contribution in [0.3, 0.4) is 0 Å². The van der Waals surface area contributed by atoms with Crippen molar-refractivity contribution in [2.45, 2.75) is 142 Å². The van der Waals surface area contributed by atoms with Gasteiger partial charge in [-0.25, -0.2) is 22.6 Å². The van der Waals surface area contributed by atoms with E-state index in [1.54, 1.807) is 14.0 Å². The maximum absolute atomic E-state index is 16.0. The summed E-state index contributed by atoms with van der Waals surface area (Å²) in [5, 5.41) is 20.8. The number of alkyl halides is 2. The molecule has 3 heterocycles. The molecule has 0 radical (unpaired) electrons. The Labute approximate surface area is 287 Å². The molecule has 2 saturated carbocycles. The zero-order chi connectivity index (χ0) is 35.0. The van der Waals surface area contributed by atoms with Crippen LogP contribution in [0.25, 0.3) is 0 Å². The van der Waals surface area contributed by atoms with Crippen LogP contribution < -0.4 is 26.8 Å². The molecule has 12 atom stereocenters. The number of sulfone groups is 1. The number of nitrogens with one attached hydrogen (secondary N) is 5. The standard InChI is InChI=1S/C30H54F2N8O6S2/c1-17-15-24(37-36-17)33-27-26(46-5)28(39-13-11-38(12-14-39)18(2)41)35-29(34-27)47-23-10-9-19(16-21(23)31)48(44,45)30(3,4)20-7-6-8-22(25(20)32)40(42)43/h17,19-29,33-37H,6-16H2,1-5H3. The fourth-order valence-electron chi connectivity index (χ4n) is 8.28. The predicted octanol–water partition coefficient (Wildman–Crippen LogP) is 1.07. The SMILES string of the molecule is COC1C(NC2CC(C)NN2)NC(SC2CCC(S(=O)(=O)C(C)(C)C3CCCC([N+](=O)[O-])C3F)CC2F)NC1N1CCN(C(C)=O)CC1. The predicted molar refractivity (Wildman–Crippen MR) is 179 cm³/mol. The van der Waals surface area contributed by atoms with E-state index in [1.807, 2.05) is 4.90 Å². The molecular weight excluding hydrogens is 671 g/mol. The third-order valence-corrected chi connectivity index (χ3v) is 15.8. The van der Waals surface area contributed by atoms with E-state index in [4.69, 9.17) is 4.74 Å². The minimum Gasteiger partial charge on any atom is -0.375 e. The summed E-state index contributed by atoms with van der Waals surface area (Å²) in [6.45, 7) is 9.05. The minimum absolute atomic E-state index is 0.0271. The molecule has 5 aliphatic rings. The molecule has 3 saturated heterocycles. The van der Waals surface area contributed by atoms with E-state index in [0.29, 0.717) is 39.0 Å². The molecule has 0 aromatic rings. The second-order valence-corrected chi connectivity index (χ2v) is 18.8. The zero-order valence-electron chi connectivity index (χ0n) is 28.6. The van der Waals surface area contributed by atoms with Crippen molar-refractivity contribution in [3.63, 3.8) is 0 Å². The number of carbonyl (C=O) groups excluding carboxylic acids is 1. The monoisotopic (exact) mass is 724 g/mol. The number of halogens is 2. The van der Waals surface area contributed by atoms with Gasteiger partial charge >= 0.3 is 0 Å². The first kappa shape index (κ1) is 38.0. The van der Waals surface area contributed by atoms with Crippen LogP contribution in [0.15, 0.2) is 0 Å². The van der Waals surface area contributed by atoms with Gasteiger partial charge in [-0.2, -0.15) is 0 Å². The third-order valence-electron chi connectivity index (χ3n) is 11.3. The first-order valence-electron chi connectivity index (χ1n) is 17.3. The number of nitrogens with zero attached hydrogens (tertiary/aromatic N) is 3. The molecule has 0 bridgehead atoms. The molecule has 14 nitrogen and oxygen atoms in total. The molecule has 276 valence electrons. The Hall–Kier alpha value is -1.25. The van der Waals surface area contributed by atoms with Gasteiger partial charge in [0.1, 0.15) is 17.8 Å². The molecule has 5 N–H and O–H groups in total. The van der Waals surface area contributed by atoms with Crippen LogP contribution in [-0.2, 0) is 19.4 Å². The van der Waals surface area contributed by atoms with E-state index < -0.39 is 59.8 Å². The fraction of sp³-hybridized carbons (Fsp3) is 0.967. The number of hydrazine groups is 1. The first-order chi connectivity index (χ1) is 22.6. The summed E-state index contributed by atoms with van der Waals surface area (Å²) >= 11 is 1.40. The van der Waals surface area contributed by atoms with E-state index in [-0.39, 0.29) is 62.2 Å². The second kappa shape index (κ2) is 15.6. The van der Waals surface area contributed by atoms with Crippen molar-refractivity contribution in [2.24, 2.45) is 5.92 Å². The highest BCUT2D eigenvalue weighted by Crippen LogP contribution is 2.45. The molecule has 0 aromatic carbocycles. The fourth-order valence-corrected chi connectivity index (χ4v) is 12.0. The van der Waals surface area contributed by atoms with Crippen LogP contribution >= 0.6 is 11.8 Å². The largest absolute Gasteiger partial charge is 0.375 e. The number of nitro groups is 1. The number of hydrogen-bond acceptors (Lipinski definition) is 13. The first-order valence-corrected chi connectivity index (χ1v) is 19.7. The molecule has 0 aromatic heterocycles. The number of piperazine rings is 1. The molecule has 5 rings (SSSR count). The van der Waals surface area contributed by atoms with Crippen LogP contribution in [0, 0.1) is 16.0 Å². The Bertz CT molecular complexity index is 1250. The highest BCUT2D eigenvalue weighted by molar-refractivity contribution is 8.00. The quantitative estimate of drug-likeness (QED) is 0.160. The summed E-state index contributed by atoms with van der Waals surface area (Å²) in [5.41, 5.74) is 6.10. The van der Waals surface area contributed by atoms with Gasteiger partial charge < -0.3 is 9.64 Å². The number of hydrogen-bond donors (Lipinski definition) is 5. The number of rotatable bonds is 10. The topological polar surface area (TPSA) is 170 Å². The summed E-state index contributed by atoms with van der Waals surface area (Å²) in [6, 6.07) is -1.14. The van der Waals surface area contributed by atoms with E-state index in [9.17, 15) is 23.3 Å². The Kier molecular flexibility index (Phi) is 12.3. The van der Waals surface area contributed by atoms with Crippen molar-refractivity contribution in [3.05, 3.63) is 10.1 Å². The van der Waals surface area contributed by atoms with E-state index in [1.165, 1.54) is 25.6 Å². The van der Waals surface area contributed by atoms with Gasteiger partial charge in [-0.1, -0.05) is 0 Å². The summed E-state index contributed by atoms with van der Waals surface area (Å²) in [5.74, 6) is -0.982. The summed E-state index contributed by atoms with van der Waals surface area (Å²) in [6.07, 6.45) is -2.29. The Morgan fingerprint density at radius 3 is 2.35 bits per heavy atom. The maximum atomic E-state index is 16.0. The van der Waals surface area contributed by atoms with Gasteiger partial charge in [0.05, 0.1) is 28.5 Å². The van der Waals surface area contributed by atoms with Crippen LogP contribution in [0.1, 0.15) is 72.6 Å². The van der Waals surface area contributed by atoms with Crippen molar-refractivity contribution >= 4 is 27.5 Å². The lowest BCUT2D eigenvalue weighted by Gasteiger charge is -2.50. The molecule has 12 unspecified atom stereocenters. The van der Waals surface area contributed by atoms with Crippen molar-refractivity contribution in [1.29, 1.82) is 0 Å². The van der Waals surface area contributed by atoms with Crippen LogP contribution in [0.5, 0.6) is 0 Å². The number of amides is 1. The van der Waals surface area contributed by atoms with Gasteiger partial charge in [0.25, 0.3) is 0 Å². The minimum atomic E-state index is -4.02. The average Bonchev–Trinajstić information content (AvgIpc) is 3.45. The lowest BCUT2D eigenvalue weighted by molar-refractivity contribution is -0.536. The van der Waals surface area contributed by atoms with Crippen molar-refractivity contribution in [3.8, 4) is 0 Å². The smallest absolute Gasteiger partial charge is 0.244 e. The van der Waals surface area contributed by atoms with E-state index in [0.717, 1.165) is 6.42 Å². The van der Waals surface area contributed by atoms with E-state index in [2.05, 4.69) is 38.6 Å². The molecule has 18 heteroatoms. The molecule has 2 aliphatic carbocycles. The zero-order valence-corrected chi connectivity index (χ0v) is 30.2. The summed E-state index contributed by atoms with van der Waals surface area (Å²) < 4.78 is 63.8. The van der Waals surface area contributed by atoms with Crippen LogP contribution in [0.4, 0.5) is 8.78 Å². The Morgan fingerprint density at radius 1 is 1.06 bits per heavy atom. The molecule has 48 heavy (non-hydrogen) atoms. The normalized spacial score (nSPS) is 40.5. The van der Waals surface area contributed by atoms with Crippen molar-refractivity contribution in [1.82, 2.24) is 36.6 Å². The average molecular weight is 725 g/mol. The van der Waals surface area contributed by atoms with Gasteiger partial charge in [0.15, 0.2) is 16.0 Å². The summed E-state index contributed by atoms with van der Waals surface area (Å²) in [4.78, 5) is 26.9. The molecule has 5 fully saturated rings. The molecule has 1 amide bonds. The molecule has 0 spiro atoms. The number of methoxy groups -OCH3 is 1. The van der Waals surface area contributed by atoms with Gasteiger partial charge in [-0.3, -0.25) is 41.2 Å². The molecular formula is C30H54F2N8O6S2. The Morgan fingerprint density at radius 2 is 1.77 bits per heavy atom. The van der Waals surface area contributed by atoms with E-state index >= 15 is 8.78 Å². The Balaban J connectivity index is 1.26. The number of carbonyl (C=O) groups is 1. The lowest BCUT2D eigenvalue weighted by Crippen LogP contribution is -2.75.